The van der Waals surface area contributed by atoms with Gasteiger partial charge in [0.05, 0.1) is 6.04 Å². The van der Waals surface area contributed by atoms with Crippen molar-refractivity contribution in [2.45, 2.75) is 19.0 Å². The van der Waals surface area contributed by atoms with E-state index in [4.69, 9.17) is 23.2 Å². The van der Waals surface area contributed by atoms with Crippen LogP contribution in [0.2, 0.25) is 10.0 Å². The molecule has 0 saturated carbocycles. The average molecular weight is 375 g/mol. The molecular weight excluding hydrogens is 359 g/mol. The summed E-state index contributed by atoms with van der Waals surface area (Å²) in [4.78, 5) is 20.2. The van der Waals surface area contributed by atoms with E-state index in [-0.39, 0.29) is 12.1 Å². The SMILES string of the molecule is O=C(NCc1ccc(CC2C=NC=N2)cc1)Nc1cc(Cl)cc(Cl)c1. The van der Waals surface area contributed by atoms with Crippen molar-refractivity contribution >= 4 is 47.5 Å². The average Bonchev–Trinajstić information content (AvgIpc) is 3.06. The summed E-state index contributed by atoms with van der Waals surface area (Å²) in [6.07, 6.45) is 4.24. The first kappa shape index (κ1) is 17.5. The fourth-order valence-electron chi connectivity index (χ4n) is 2.42. The van der Waals surface area contributed by atoms with Crippen LogP contribution in [0.3, 0.4) is 0 Å². The van der Waals surface area contributed by atoms with E-state index in [2.05, 4.69) is 20.6 Å². The number of nitrogens with one attached hydrogen (secondary N) is 2. The van der Waals surface area contributed by atoms with E-state index < -0.39 is 0 Å². The van der Waals surface area contributed by atoms with Crippen LogP contribution in [-0.4, -0.2) is 24.6 Å². The van der Waals surface area contributed by atoms with Gasteiger partial charge in [-0.05, 0) is 35.7 Å². The largest absolute Gasteiger partial charge is 0.334 e. The van der Waals surface area contributed by atoms with Crippen molar-refractivity contribution in [1.82, 2.24) is 5.32 Å². The van der Waals surface area contributed by atoms with Gasteiger partial charge in [-0.25, -0.2) is 9.79 Å². The van der Waals surface area contributed by atoms with Gasteiger partial charge in [-0.3, -0.25) is 4.99 Å². The number of nitrogens with zero attached hydrogens (tertiary/aromatic N) is 2. The van der Waals surface area contributed by atoms with Gasteiger partial charge in [0.15, 0.2) is 0 Å². The van der Waals surface area contributed by atoms with E-state index in [0.29, 0.717) is 22.3 Å². The van der Waals surface area contributed by atoms with Crippen molar-refractivity contribution in [1.29, 1.82) is 0 Å². The van der Waals surface area contributed by atoms with Gasteiger partial charge < -0.3 is 10.6 Å². The molecule has 0 aliphatic carbocycles. The van der Waals surface area contributed by atoms with Crippen LogP contribution in [0.1, 0.15) is 11.1 Å². The lowest BCUT2D eigenvalue weighted by Gasteiger charge is -2.09. The summed E-state index contributed by atoms with van der Waals surface area (Å²) in [7, 11) is 0. The van der Waals surface area contributed by atoms with Gasteiger partial charge in [0, 0.05) is 28.5 Å². The molecule has 1 atom stereocenters. The van der Waals surface area contributed by atoms with Crippen LogP contribution in [-0.2, 0) is 13.0 Å². The van der Waals surface area contributed by atoms with Crippen molar-refractivity contribution < 1.29 is 4.79 Å². The third kappa shape index (κ3) is 5.31. The smallest absolute Gasteiger partial charge is 0.319 e. The van der Waals surface area contributed by atoms with Gasteiger partial charge in [0.25, 0.3) is 0 Å². The number of anilines is 1. The maximum absolute atomic E-state index is 12.0. The van der Waals surface area contributed by atoms with Gasteiger partial charge in [-0.1, -0.05) is 47.5 Å². The number of hydrogen-bond donors (Lipinski definition) is 2. The predicted octanol–water partition coefficient (Wildman–Crippen LogP) is 4.34. The van der Waals surface area contributed by atoms with E-state index in [0.717, 1.165) is 12.0 Å². The zero-order valence-electron chi connectivity index (χ0n) is 13.2. The highest BCUT2D eigenvalue weighted by molar-refractivity contribution is 6.35. The van der Waals surface area contributed by atoms with Gasteiger partial charge in [-0.15, -0.1) is 0 Å². The Labute approximate surface area is 155 Å². The monoisotopic (exact) mass is 374 g/mol. The topological polar surface area (TPSA) is 65.8 Å². The van der Waals surface area contributed by atoms with E-state index >= 15 is 0 Å². The van der Waals surface area contributed by atoms with Gasteiger partial charge in [0.2, 0.25) is 0 Å². The standard InChI is InChI=1S/C18H16Cl2N4O/c19-14-6-15(20)8-16(7-14)24-18(25)22-9-13-3-1-12(2-4-13)5-17-10-21-11-23-17/h1-4,6-8,10-11,17H,5,9H2,(H2,22,24,25). The molecule has 1 heterocycles. The second kappa shape index (κ2) is 8.14. The summed E-state index contributed by atoms with van der Waals surface area (Å²) in [5, 5.41) is 6.44. The molecule has 0 saturated heterocycles. The van der Waals surface area contributed by atoms with Gasteiger partial charge in [0.1, 0.15) is 6.34 Å². The summed E-state index contributed by atoms with van der Waals surface area (Å²) in [5.74, 6) is 0. The number of rotatable bonds is 5. The van der Waals surface area contributed by atoms with Crippen LogP contribution in [0, 0.1) is 0 Å². The molecule has 2 amide bonds. The minimum absolute atomic E-state index is 0.124. The molecule has 0 fully saturated rings. The third-order valence-electron chi connectivity index (χ3n) is 3.62. The lowest BCUT2D eigenvalue weighted by Crippen LogP contribution is -2.28. The molecule has 2 aromatic rings. The molecule has 7 heteroatoms. The maximum atomic E-state index is 12.0. The fraction of sp³-hybridized carbons (Fsp3) is 0.167. The van der Waals surface area contributed by atoms with Crippen LogP contribution < -0.4 is 10.6 Å². The Morgan fingerprint density at radius 1 is 1.04 bits per heavy atom. The molecule has 0 bridgehead atoms. The molecule has 0 spiro atoms. The third-order valence-corrected chi connectivity index (χ3v) is 4.06. The Morgan fingerprint density at radius 3 is 2.36 bits per heavy atom. The van der Waals surface area contributed by atoms with E-state index in [9.17, 15) is 4.79 Å². The normalized spacial score (nSPS) is 15.4. The van der Waals surface area contributed by atoms with Gasteiger partial charge >= 0.3 is 6.03 Å². The molecule has 0 radical (unpaired) electrons. The van der Waals surface area contributed by atoms with Crippen LogP contribution in [0.25, 0.3) is 0 Å². The first-order chi connectivity index (χ1) is 12.1. The van der Waals surface area contributed by atoms with Crippen LogP contribution in [0.4, 0.5) is 10.5 Å². The molecule has 128 valence electrons. The first-order valence-electron chi connectivity index (χ1n) is 7.72. The Kier molecular flexibility index (Phi) is 5.68. The second-order valence-electron chi connectivity index (χ2n) is 5.62. The fourth-order valence-corrected chi connectivity index (χ4v) is 2.95. The summed E-state index contributed by atoms with van der Waals surface area (Å²) in [5.41, 5.74) is 2.73. The molecule has 1 unspecified atom stereocenters. The zero-order valence-corrected chi connectivity index (χ0v) is 14.8. The lowest BCUT2D eigenvalue weighted by molar-refractivity contribution is 0.251. The molecule has 1 aliphatic heterocycles. The molecular formula is C18H16Cl2N4O. The summed E-state index contributed by atoms with van der Waals surface area (Å²) >= 11 is 11.8. The van der Waals surface area contributed by atoms with E-state index in [1.165, 1.54) is 5.56 Å². The van der Waals surface area contributed by atoms with Crippen molar-refractivity contribution in [2.75, 3.05) is 5.32 Å². The van der Waals surface area contributed by atoms with Crippen LogP contribution in [0.5, 0.6) is 0 Å². The summed E-state index contributed by atoms with van der Waals surface area (Å²) in [6.45, 7) is 0.420. The van der Waals surface area contributed by atoms with Crippen LogP contribution >= 0.6 is 23.2 Å². The Balaban J connectivity index is 1.49. The molecule has 0 aromatic heterocycles. The maximum Gasteiger partial charge on any atom is 0.319 e. The zero-order chi connectivity index (χ0) is 17.6. The number of carbonyl (C=O) groups excluding carboxylic acids is 1. The van der Waals surface area contributed by atoms with Gasteiger partial charge in [-0.2, -0.15) is 0 Å². The molecule has 2 aromatic carbocycles. The molecule has 25 heavy (non-hydrogen) atoms. The summed E-state index contributed by atoms with van der Waals surface area (Å²) < 4.78 is 0. The van der Waals surface area contributed by atoms with Crippen molar-refractivity contribution in [3.8, 4) is 0 Å². The number of hydrogen-bond acceptors (Lipinski definition) is 3. The number of halogens is 2. The first-order valence-corrected chi connectivity index (χ1v) is 8.48. The van der Waals surface area contributed by atoms with E-state index in [1.807, 2.05) is 30.5 Å². The molecule has 3 rings (SSSR count). The number of carbonyl (C=O) groups is 1. The Bertz CT molecular complexity index is 786. The summed E-state index contributed by atoms with van der Waals surface area (Å²) in [6, 6.07) is 12.7. The highest BCUT2D eigenvalue weighted by Crippen LogP contribution is 2.22. The van der Waals surface area contributed by atoms with E-state index in [1.54, 1.807) is 24.5 Å². The number of urea groups is 1. The molecule has 2 N–H and O–H groups in total. The van der Waals surface area contributed by atoms with Crippen LogP contribution in [0.15, 0.2) is 52.4 Å². The highest BCUT2D eigenvalue weighted by atomic mass is 35.5. The minimum Gasteiger partial charge on any atom is -0.334 e. The number of aliphatic imine (C=N–C) groups is 2. The quantitative estimate of drug-likeness (QED) is 0.802. The predicted molar refractivity (Wildman–Crippen MR) is 103 cm³/mol. The van der Waals surface area contributed by atoms with Crippen molar-refractivity contribution in [3.63, 3.8) is 0 Å². The Morgan fingerprint density at radius 2 is 1.72 bits per heavy atom. The lowest BCUT2D eigenvalue weighted by atomic mass is 10.1. The second-order valence-corrected chi connectivity index (χ2v) is 6.49. The Hall–Kier alpha value is -2.37. The van der Waals surface area contributed by atoms with Crippen molar-refractivity contribution in [2.24, 2.45) is 9.98 Å². The highest BCUT2D eigenvalue weighted by Gasteiger charge is 2.08. The molecule has 5 nitrogen and oxygen atoms in total. The minimum atomic E-state index is -0.320. The van der Waals surface area contributed by atoms with Crippen molar-refractivity contribution in [3.05, 3.63) is 63.6 Å². The number of benzene rings is 2. The number of amides is 2. The molecule has 1 aliphatic rings.